The van der Waals surface area contributed by atoms with Crippen molar-refractivity contribution in [3.8, 4) is 0 Å². The number of rotatable bonds is 3. The van der Waals surface area contributed by atoms with Crippen LogP contribution >= 0.6 is 0 Å². The quantitative estimate of drug-likeness (QED) is 0.903. The molecule has 0 amide bonds. The van der Waals surface area contributed by atoms with Crippen molar-refractivity contribution < 1.29 is 13.2 Å². The molecule has 0 radical (unpaired) electrons. The maximum absolute atomic E-state index is 13.0. The van der Waals surface area contributed by atoms with Crippen molar-refractivity contribution in [1.29, 1.82) is 0 Å². The standard InChI is InChI=1S/C13H17F3N2/c14-13(15,16)11-6-2-1-5-10(11)12(9-17)18-7-3-4-8-18/h1-2,5-6,12H,3-4,7-9,17H2/t12-/m1/s1. The number of likely N-dealkylation sites (tertiary alicyclic amines) is 1. The molecule has 2 N–H and O–H groups in total. The van der Waals surface area contributed by atoms with Crippen LogP contribution in [0.15, 0.2) is 24.3 Å². The summed E-state index contributed by atoms with van der Waals surface area (Å²) >= 11 is 0. The van der Waals surface area contributed by atoms with Crippen LogP contribution in [0.1, 0.15) is 30.0 Å². The van der Waals surface area contributed by atoms with Gasteiger partial charge in [-0.2, -0.15) is 13.2 Å². The Bertz CT molecular complexity index is 397. The Hall–Kier alpha value is -1.07. The van der Waals surface area contributed by atoms with Crippen LogP contribution in [0.2, 0.25) is 0 Å². The highest BCUT2D eigenvalue weighted by Gasteiger charge is 2.36. The molecule has 1 aliphatic heterocycles. The molecule has 0 bridgehead atoms. The summed E-state index contributed by atoms with van der Waals surface area (Å²) in [5.41, 5.74) is 5.43. The van der Waals surface area contributed by atoms with Gasteiger partial charge in [-0.25, -0.2) is 0 Å². The third-order valence-corrected chi connectivity index (χ3v) is 3.43. The van der Waals surface area contributed by atoms with Crippen LogP contribution in [0.4, 0.5) is 13.2 Å². The fourth-order valence-corrected chi connectivity index (χ4v) is 2.57. The van der Waals surface area contributed by atoms with Crippen LogP contribution in [0.3, 0.4) is 0 Å². The summed E-state index contributed by atoms with van der Waals surface area (Å²) in [6.45, 7) is 1.87. The largest absolute Gasteiger partial charge is 0.416 e. The molecular weight excluding hydrogens is 241 g/mol. The van der Waals surface area contributed by atoms with Gasteiger partial charge in [-0.05, 0) is 37.6 Å². The summed E-state index contributed by atoms with van der Waals surface area (Å²) in [6.07, 6.45) is -2.25. The molecule has 2 rings (SSSR count). The molecule has 2 nitrogen and oxygen atoms in total. The highest BCUT2D eigenvalue weighted by Crippen LogP contribution is 2.36. The molecule has 0 saturated carbocycles. The predicted octanol–water partition coefficient (Wildman–Crippen LogP) is 2.80. The Morgan fingerprint density at radius 2 is 1.78 bits per heavy atom. The van der Waals surface area contributed by atoms with Crippen LogP contribution in [0.5, 0.6) is 0 Å². The number of nitrogens with two attached hydrogens (primary N) is 1. The van der Waals surface area contributed by atoms with Crippen molar-refractivity contribution in [2.24, 2.45) is 5.73 Å². The van der Waals surface area contributed by atoms with E-state index in [2.05, 4.69) is 0 Å². The molecule has 1 atom stereocenters. The van der Waals surface area contributed by atoms with E-state index in [9.17, 15) is 13.2 Å². The molecule has 5 heteroatoms. The van der Waals surface area contributed by atoms with E-state index in [0.717, 1.165) is 32.0 Å². The maximum atomic E-state index is 13.0. The van der Waals surface area contributed by atoms with Gasteiger partial charge in [0.1, 0.15) is 0 Å². The molecule has 1 aromatic carbocycles. The van der Waals surface area contributed by atoms with Crippen LogP contribution in [0, 0.1) is 0 Å². The highest BCUT2D eigenvalue weighted by molar-refractivity contribution is 5.32. The second-order valence-corrected chi connectivity index (χ2v) is 4.58. The van der Waals surface area contributed by atoms with Gasteiger partial charge >= 0.3 is 6.18 Å². The van der Waals surface area contributed by atoms with E-state index in [-0.39, 0.29) is 12.6 Å². The Morgan fingerprint density at radius 1 is 1.17 bits per heavy atom. The lowest BCUT2D eigenvalue weighted by Crippen LogP contribution is -2.32. The van der Waals surface area contributed by atoms with Crippen LogP contribution < -0.4 is 5.73 Å². The summed E-state index contributed by atoms with van der Waals surface area (Å²) in [4.78, 5) is 2.05. The van der Waals surface area contributed by atoms with Crippen molar-refractivity contribution in [2.75, 3.05) is 19.6 Å². The first-order chi connectivity index (χ1) is 8.54. The predicted molar refractivity (Wildman–Crippen MR) is 64.0 cm³/mol. The molecule has 1 saturated heterocycles. The summed E-state index contributed by atoms with van der Waals surface area (Å²) in [5.74, 6) is 0. The van der Waals surface area contributed by atoms with Gasteiger partial charge in [-0.1, -0.05) is 18.2 Å². The van der Waals surface area contributed by atoms with Gasteiger partial charge in [0.15, 0.2) is 0 Å². The number of halogens is 3. The smallest absolute Gasteiger partial charge is 0.329 e. The zero-order chi connectivity index (χ0) is 13.2. The van der Waals surface area contributed by atoms with Crippen molar-refractivity contribution in [3.63, 3.8) is 0 Å². The lowest BCUT2D eigenvalue weighted by molar-refractivity contribution is -0.138. The van der Waals surface area contributed by atoms with Gasteiger partial charge in [0, 0.05) is 12.6 Å². The molecule has 1 aromatic rings. The number of hydrogen-bond donors (Lipinski definition) is 1. The number of benzene rings is 1. The zero-order valence-electron chi connectivity index (χ0n) is 10.1. The third-order valence-electron chi connectivity index (χ3n) is 3.43. The Balaban J connectivity index is 2.35. The fourth-order valence-electron chi connectivity index (χ4n) is 2.57. The lowest BCUT2D eigenvalue weighted by atomic mass is 9.99. The molecule has 1 aliphatic rings. The Labute approximate surface area is 105 Å². The average molecular weight is 258 g/mol. The van der Waals surface area contributed by atoms with Gasteiger partial charge < -0.3 is 5.73 Å². The summed E-state index contributed by atoms with van der Waals surface area (Å²) in [7, 11) is 0. The highest BCUT2D eigenvalue weighted by atomic mass is 19.4. The van der Waals surface area contributed by atoms with Crippen LogP contribution in [-0.4, -0.2) is 24.5 Å². The van der Waals surface area contributed by atoms with Crippen molar-refractivity contribution >= 4 is 0 Å². The first kappa shape index (κ1) is 13.4. The molecule has 100 valence electrons. The van der Waals surface area contributed by atoms with Crippen molar-refractivity contribution in [3.05, 3.63) is 35.4 Å². The second-order valence-electron chi connectivity index (χ2n) is 4.58. The molecule has 0 aliphatic carbocycles. The Morgan fingerprint density at radius 3 is 2.33 bits per heavy atom. The molecular formula is C13H17F3N2. The first-order valence-corrected chi connectivity index (χ1v) is 6.14. The monoisotopic (exact) mass is 258 g/mol. The van der Waals surface area contributed by atoms with Gasteiger partial charge in [-0.3, -0.25) is 4.90 Å². The fraction of sp³-hybridized carbons (Fsp3) is 0.538. The van der Waals surface area contributed by atoms with E-state index in [1.165, 1.54) is 6.07 Å². The summed E-state index contributed by atoms with van der Waals surface area (Å²) in [5, 5.41) is 0. The van der Waals surface area contributed by atoms with E-state index in [1.54, 1.807) is 12.1 Å². The average Bonchev–Trinajstić information content (AvgIpc) is 2.83. The van der Waals surface area contributed by atoms with Crippen LogP contribution in [0.25, 0.3) is 0 Å². The molecule has 1 fully saturated rings. The zero-order valence-corrected chi connectivity index (χ0v) is 10.1. The summed E-state index contributed by atoms with van der Waals surface area (Å²) in [6, 6.07) is 5.41. The van der Waals surface area contributed by atoms with E-state index >= 15 is 0 Å². The molecule has 0 spiro atoms. The van der Waals surface area contributed by atoms with E-state index < -0.39 is 11.7 Å². The first-order valence-electron chi connectivity index (χ1n) is 6.14. The molecule has 18 heavy (non-hydrogen) atoms. The normalized spacial score (nSPS) is 19.1. The van der Waals surface area contributed by atoms with Crippen molar-refractivity contribution in [1.82, 2.24) is 4.90 Å². The number of nitrogens with zero attached hydrogens (tertiary/aromatic N) is 1. The lowest BCUT2D eigenvalue weighted by Gasteiger charge is -2.28. The van der Waals surface area contributed by atoms with Gasteiger partial charge in [0.25, 0.3) is 0 Å². The number of hydrogen-bond acceptors (Lipinski definition) is 2. The SMILES string of the molecule is NC[C@H](c1ccccc1C(F)(F)F)N1CCCC1. The summed E-state index contributed by atoms with van der Waals surface area (Å²) < 4.78 is 38.9. The minimum atomic E-state index is -4.32. The van der Waals surface area contributed by atoms with Gasteiger partial charge in [0.05, 0.1) is 5.56 Å². The third kappa shape index (κ3) is 2.67. The van der Waals surface area contributed by atoms with Crippen LogP contribution in [-0.2, 0) is 6.18 Å². The minimum absolute atomic E-state index is 0.215. The molecule has 0 unspecified atom stereocenters. The van der Waals surface area contributed by atoms with Gasteiger partial charge in [-0.15, -0.1) is 0 Å². The van der Waals surface area contributed by atoms with E-state index in [0.29, 0.717) is 5.56 Å². The maximum Gasteiger partial charge on any atom is 0.416 e. The molecule has 0 aromatic heterocycles. The second kappa shape index (κ2) is 5.28. The number of alkyl halides is 3. The topological polar surface area (TPSA) is 29.3 Å². The van der Waals surface area contributed by atoms with E-state index in [1.807, 2.05) is 4.90 Å². The van der Waals surface area contributed by atoms with Crippen molar-refractivity contribution in [2.45, 2.75) is 25.1 Å². The van der Waals surface area contributed by atoms with E-state index in [4.69, 9.17) is 5.73 Å². The Kier molecular flexibility index (Phi) is 3.92. The molecule has 1 heterocycles. The van der Waals surface area contributed by atoms with Gasteiger partial charge in [0.2, 0.25) is 0 Å². The minimum Gasteiger partial charge on any atom is -0.329 e.